The van der Waals surface area contributed by atoms with Crippen molar-refractivity contribution in [3.8, 4) is 0 Å². The smallest absolute Gasteiger partial charge is 0.325 e. The molecule has 0 aromatic heterocycles. The Labute approximate surface area is 116 Å². The molecule has 112 valence electrons. The summed E-state index contributed by atoms with van der Waals surface area (Å²) in [5.41, 5.74) is 5.19. The second kappa shape index (κ2) is 6.68. The van der Waals surface area contributed by atoms with Gasteiger partial charge in [-0.2, -0.15) is 0 Å². The molecule has 5 heteroatoms. The molecule has 1 unspecified atom stereocenters. The van der Waals surface area contributed by atoms with Crippen LogP contribution in [-0.2, 0) is 14.3 Å². The first-order valence-corrected chi connectivity index (χ1v) is 7.08. The van der Waals surface area contributed by atoms with Crippen molar-refractivity contribution in [1.82, 2.24) is 4.90 Å². The number of morpholine rings is 1. The monoisotopic (exact) mass is 272 g/mol. The summed E-state index contributed by atoms with van der Waals surface area (Å²) in [7, 11) is 0. The normalized spacial score (nSPS) is 22.8. The van der Waals surface area contributed by atoms with Crippen LogP contribution in [0, 0.1) is 0 Å². The number of carbonyl (C=O) groups excluding carboxylic acids is 1. The molecule has 0 amide bonds. The van der Waals surface area contributed by atoms with Crippen LogP contribution in [0.15, 0.2) is 0 Å². The Morgan fingerprint density at radius 2 is 2.21 bits per heavy atom. The molecule has 0 saturated carbocycles. The third-order valence-electron chi connectivity index (χ3n) is 3.68. The third-order valence-corrected chi connectivity index (χ3v) is 3.68. The Kier molecular flexibility index (Phi) is 5.77. The van der Waals surface area contributed by atoms with Gasteiger partial charge in [0.25, 0.3) is 0 Å². The number of esters is 1. The van der Waals surface area contributed by atoms with Crippen LogP contribution < -0.4 is 5.73 Å². The first-order chi connectivity index (χ1) is 8.79. The molecule has 0 aromatic carbocycles. The average molecular weight is 272 g/mol. The van der Waals surface area contributed by atoms with Gasteiger partial charge in [-0.05, 0) is 47.1 Å². The van der Waals surface area contributed by atoms with Gasteiger partial charge in [-0.25, -0.2) is 0 Å². The van der Waals surface area contributed by atoms with Crippen LogP contribution in [0.25, 0.3) is 0 Å². The SMILES string of the molecule is CCOC(=O)C(C)(N)CCCN1CCOCC1(C)C. The van der Waals surface area contributed by atoms with Crippen LogP contribution >= 0.6 is 0 Å². The van der Waals surface area contributed by atoms with Crippen LogP contribution in [-0.4, -0.2) is 54.9 Å². The summed E-state index contributed by atoms with van der Waals surface area (Å²) >= 11 is 0. The number of nitrogens with zero attached hydrogens (tertiary/aromatic N) is 1. The molecule has 1 rings (SSSR count). The van der Waals surface area contributed by atoms with Crippen LogP contribution in [0.3, 0.4) is 0 Å². The number of carbonyl (C=O) groups is 1. The maximum Gasteiger partial charge on any atom is 0.325 e. The Hall–Kier alpha value is -0.650. The molecule has 1 aliphatic heterocycles. The Bertz CT molecular complexity index is 303. The Morgan fingerprint density at radius 3 is 2.79 bits per heavy atom. The van der Waals surface area contributed by atoms with Gasteiger partial charge < -0.3 is 15.2 Å². The quantitative estimate of drug-likeness (QED) is 0.735. The average Bonchev–Trinajstić information content (AvgIpc) is 2.31. The maximum absolute atomic E-state index is 11.7. The summed E-state index contributed by atoms with van der Waals surface area (Å²) < 4.78 is 10.5. The van der Waals surface area contributed by atoms with Crippen molar-refractivity contribution >= 4 is 5.97 Å². The van der Waals surface area contributed by atoms with Gasteiger partial charge in [0.1, 0.15) is 5.54 Å². The van der Waals surface area contributed by atoms with Crippen molar-refractivity contribution in [3.63, 3.8) is 0 Å². The number of hydrogen-bond acceptors (Lipinski definition) is 5. The number of ether oxygens (including phenoxy) is 2. The summed E-state index contributed by atoms with van der Waals surface area (Å²) in [4.78, 5) is 14.1. The zero-order valence-corrected chi connectivity index (χ0v) is 12.7. The van der Waals surface area contributed by atoms with Crippen molar-refractivity contribution in [1.29, 1.82) is 0 Å². The van der Waals surface area contributed by atoms with E-state index in [-0.39, 0.29) is 11.5 Å². The minimum Gasteiger partial charge on any atom is -0.465 e. The van der Waals surface area contributed by atoms with E-state index in [1.165, 1.54) is 0 Å². The Balaban J connectivity index is 2.38. The predicted octanol–water partition coefficient (Wildman–Crippen LogP) is 1.16. The van der Waals surface area contributed by atoms with Gasteiger partial charge in [-0.3, -0.25) is 9.69 Å². The van der Waals surface area contributed by atoms with E-state index in [0.717, 1.165) is 32.7 Å². The number of nitrogens with two attached hydrogens (primary N) is 1. The fourth-order valence-corrected chi connectivity index (χ4v) is 2.34. The van der Waals surface area contributed by atoms with E-state index < -0.39 is 5.54 Å². The highest BCUT2D eigenvalue weighted by Crippen LogP contribution is 2.20. The second-order valence-electron chi connectivity index (χ2n) is 6.09. The lowest BCUT2D eigenvalue weighted by Gasteiger charge is -2.42. The topological polar surface area (TPSA) is 64.8 Å². The van der Waals surface area contributed by atoms with Gasteiger partial charge in [0.2, 0.25) is 0 Å². The molecule has 5 nitrogen and oxygen atoms in total. The zero-order chi connectivity index (χ0) is 14.5. The van der Waals surface area contributed by atoms with Crippen LogP contribution in [0.5, 0.6) is 0 Å². The van der Waals surface area contributed by atoms with Crippen molar-refractivity contribution < 1.29 is 14.3 Å². The van der Waals surface area contributed by atoms with Gasteiger partial charge in [-0.15, -0.1) is 0 Å². The van der Waals surface area contributed by atoms with Crippen molar-refractivity contribution in [2.24, 2.45) is 5.73 Å². The molecule has 0 radical (unpaired) electrons. The summed E-state index contributed by atoms with van der Waals surface area (Å²) in [5, 5.41) is 0. The van der Waals surface area contributed by atoms with Crippen LogP contribution in [0.4, 0.5) is 0 Å². The van der Waals surface area contributed by atoms with Crippen molar-refractivity contribution in [2.45, 2.75) is 51.6 Å². The van der Waals surface area contributed by atoms with Crippen molar-refractivity contribution in [2.75, 3.05) is 32.9 Å². The lowest BCUT2D eigenvalue weighted by Crippen LogP contribution is -2.53. The van der Waals surface area contributed by atoms with Gasteiger partial charge in [-0.1, -0.05) is 0 Å². The molecule has 1 aliphatic rings. The molecule has 1 fully saturated rings. The summed E-state index contributed by atoms with van der Waals surface area (Å²) in [5.74, 6) is -0.309. The molecule has 0 aliphatic carbocycles. The first kappa shape index (κ1) is 16.4. The fraction of sp³-hybridized carbons (Fsp3) is 0.929. The molecule has 0 spiro atoms. The lowest BCUT2D eigenvalue weighted by molar-refractivity contribution is -0.149. The highest BCUT2D eigenvalue weighted by atomic mass is 16.5. The molecule has 19 heavy (non-hydrogen) atoms. The highest BCUT2D eigenvalue weighted by Gasteiger charge is 2.32. The van der Waals surface area contributed by atoms with E-state index in [1.54, 1.807) is 13.8 Å². The zero-order valence-electron chi connectivity index (χ0n) is 12.7. The Morgan fingerprint density at radius 1 is 1.53 bits per heavy atom. The minimum absolute atomic E-state index is 0.0627. The standard InChI is InChI=1S/C14H28N2O3/c1-5-19-12(17)14(4,15)7-6-8-16-9-10-18-11-13(16,2)3/h5-11,15H2,1-4H3. The van der Waals surface area contributed by atoms with E-state index in [2.05, 4.69) is 18.7 Å². The molecular formula is C14H28N2O3. The fourth-order valence-electron chi connectivity index (χ4n) is 2.34. The van der Waals surface area contributed by atoms with Crippen LogP contribution in [0.1, 0.15) is 40.5 Å². The summed E-state index contributed by atoms with van der Waals surface area (Å²) in [6, 6.07) is 0. The summed E-state index contributed by atoms with van der Waals surface area (Å²) in [6.07, 6.45) is 1.52. The summed E-state index contributed by atoms with van der Waals surface area (Å²) in [6.45, 7) is 11.7. The van der Waals surface area contributed by atoms with Crippen molar-refractivity contribution in [3.05, 3.63) is 0 Å². The highest BCUT2D eigenvalue weighted by molar-refractivity contribution is 5.79. The van der Waals surface area contributed by atoms with E-state index in [1.807, 2.05) is 0 Å². The molecule has 1 heterocycles. The third kappa shape index (κ3) is 4.75. The molecule has 1 saturated heterocycles. The van der Waals surface area contributed by atoms with Crippen LogP contribution in [0.2, 0.25) is 0 Å². The van der Waals surface area contributed by atoms with Gasteiger partial charge >= 0.3 is 5.97 Å². The van der Waals surface area contributed by atoms with Gasteiger partial charge in [0.05, 0.1) is 19.8 Å². The molecular weight excluding hydrogens is 244 g/mol. The number of hydrogen-bond donors (Lipinski definition) is 1. The maximum atomic E-state index is 11.7. The molecule has 2 N–H and O–H groups in total. The molecule has 0 bridgehead atoms. The van der Waals surface area contributed by atoms with E-state index in [0.29, 0.717) is 13.0 Å². The van der Waals surface area contributed by atoms with E-state index in [4.69, 9.17) is 15.2 Å². The lowest BCUT2D eigenvalue weighted by atomic mass is 9.95. The van der Waals surface area contributed by atoms with E-state index >= 15 is 0 Å². The largest absolute Gasteiger partial charge is 0.465 e. The van der Waals surface area contributed by atoms with Gasteiger partial charge in [0, 0.05) is 12.1 Å². The van der Waals surface area contributed by atoms with E-state index in [9.17, 15) is 4.79 Å². The number of rotatable bonds is 6. The predicted molar refractivity (Wildman–Crippen MR) is 74.9 cm³/mol. The second-order valence-corrected chi connectivity index (χ2v) is 6.09. The molecule has 1 atom stereocenters. The minimum atomic E-state index is -0.883. The molecule has 0 aromatic rings. The van der Waals surface area contributed by atoms with Gasteiger partial charge in [0.15, 0.2) is 0 Å². The first-order valence-electron chi connectivity index (χ1n) is 7.08.